The fourth-order valence-corrected chi connectivity index (χ4v) is 5.85. The molecule has 5 rings (SSSR count). The van der Waals surface area contributed by atoms with E-state index in [1.807, 2.05) is 30.0 Å². The van der Waals surface area contributed by atoms with Crippen molar-refractivity contribution in [2.45, 2.75) is 38.7 Å². The molecule has 1 spiro atoms. The van der Waals surface area contributed by atoms with Crippen molar-refractivity contribution in [3.05, 3.63) is 56.4 Å². The Labute approximate surface area is 178 Å². The lowest BCUT2D eigenvalue weighted by Gasteiger charge is -2.44. The number of amides is 1. The minimum Gasteiger partial charge on any atom is -0.477 e. The minimum atomic E-state index is -0.886. The van der Waals surface area contributed by atoms with Crippen LogP contribution >= 0.6 is 11.3 Å². The number of aromatic nitrogens is 1. The van der Waals surface area contributed by atoms with E-state index in [9.17, 15) is 14.7 Å². The van der Waals surface area contributed by atoms with Gasteiger partial charge >= 0.3 is 5.97 Å². The average molecular weight is 425 g/mol. The van der Waals surface area contributed by atoms with E-state index in [0.29, 0.717) is 43.0 Å². The van der Waals surface area contributed by atoms with Crippen molar-refractivity contribution in [1.82, 2.24) is 9.88 Å². The van der Waals surface area contributed by atoms with Crippen LogP contribution in [0, 0.1) is 13.8 Å². The molecule has 30 heavy (non-hydrogen) atoms. The molecule has 2 N–H and O–H groups in total. The molecule has 0 radical (unpaired) electrons. The molecule has 156 valence electrons. The van der Waals surface area contributed by atoms with E-state index in [0.717, 1.165) is 33.5 Å². The first-order chi connectivity index (χ1) is 14.4. The lowest BCUT2D eigenvalue weighted by molar-refractivity contribution is -0.0926. The lowest BCUT2D eigenvalue weighted by atomic mass is 9.82. The highest BCUT2D eigenvalue weighted by atomic mass is 32.1. The zero-order chi connectivity index (χ0) is 21.0. The maximum absolute atomic E-state index is 13.2. The number of thiophene rings is 1. The van der Waals surface area contributed by atoms with Crippen molar-refractivity contribution in [1.29, 1.82) is 0 Å². The van der Waals surface area contributed by atoms with Gasteiger partial charge in [-0.25, -0.2) is 4.79 Å². The van der Waals surface area contributed by atoms with E-state index < -0.39 is 11.6 Å². The van der Waals surface area contributed by atoms with Crippen molar-refractivity contribution in [3.63, 3.8) is 0 Å². The zero-order valence-corrected chi connectivity index (χ0v) is 17.9. The minimum absolute atomic E-state index is 0.0394. The van der Waals surface area contributed by atoms with E-state index in [-0.39, 0.29) is 5.91 Å². The number of aromatic amines is 1. The molecule has 2 aliphatic rings. The van der Waals surface area contributed by atoms with E-state index in [1.54, 1.807) is 6.07 Å². The first kappa shape index (κ1) is 19.3. The van der Waals surface area contributed by atoms with Crippen LogP contribution in [0.5, 0.6) is 0 Å². The second-order valence-electron chi connectivity index (χ2n) is 8.27. The summed E-state index contributed by atoms with van der Waals surface area (Å²) in [6.45, 7) is 5.90. The predicted molar refractivity (Wildman–Crippen MR) is 116 cm³/mol. The van der Waals surface area contributed by atoms with Crippen LogP contribution < -0.4 is 0 Å². The topological polar surface area (TPSA) is 82.6 Å². The number of piperidine rings is 1. The van der Waals surface area contributed by atoms with Gasteiger partial charge in [-0.05, 0) is 62.1 Å². The summed E-state index contributed by atoms with van der Waals surface area (Å²) < 4.78 is 6.21. The summed E-state index contributed by atoms with van der Waals surface area (Å²) in [5.74, 6) is -0.847. The van der Waals surface area contributed by atoms with Gasteiger partial charge in [0.1, 0.15) is 4.88 Å². The Bertz CT molecular complexity index is 1170. The maximum Gasteiger partial charge on any atom is 0.345 e. The van der Waals surface area contributed by atoms with Gasteiger partial charge in [0.15, 0.2) is 0 Å². The second-order valence-corrected chi connectivity index (χ2v) is 9.41. The molecule has 7 heteroatoms. The SMILES string of the molecule is Cc1[nH]c2ccc(C(=O)N3CCC4(CC3)OCCc3sc(C(=O)O)cc34)cc2c1C. The smallest absolute Gasteiger partial charge is 0.345 e. The largest absolute Gasteiger partial charge is 0.477 e. The molecule has 6 nitrogen and oxygen atoms in total. The van der Waals surface area contributed by atoms with Crippen LogP contribution in [0.15, 0.2) is 24.3 Å². The van der Waals surface area contributed by atoms with Crippen LogP contribution in [0.4, 0.5) is 0 Å². The van der Waals surface area contributed by atoms with Crippen LogP contribution in [0.3, 0.4) is 0 Å². The molecular formula is C23H24N2O4S. The van der Waals surface area contributed by atoms with Crippen molar-refractivity contribution in [3.8, 4) is 0 Å². The van der Waals surface area contributed by atoms with Crippen molar-refractivity contribution in [2.75, 3.05) is 19.7 Å². The third-order valence-corrected chi connectivity index (χ3v) is 7.81. The van der Waals surface area contributed by atoms with E-state index in [1.165, 1.54) is 16.9 Å². The highest BCUT2D eigenvalue weighted by molar-refractivity contribution is 7.14. The number of fused-ring (bicyclic) bond motifs is 3. The number of hydrogen-bond acceptors (Lipinski definition) is 4. The van der Waals surface area contributed by atoms with Gasteiger partial charge in [0, 0.05) is 46.5 Å². The Morgan fingerprint density at radius 3 is 2.70 bits per heavy atom. The Morgan fingerprint density at radius 1 is 1.20 bits per heavy atom. The summed E-state index contributed by atoms with van der Waals surface area (Å²) in [5, 5.41) is 10.5. The number of carboxylic acid groups (broad SMARTS) is 1. The molecule has 1 aromatic carbocycles. The molecule has 4 heterocycles. The molecule has 0 unspecified atom stereocenters. The third kappa shape index (κ3) is 2.96. The second kappa shape index (κ2) is 6.96. The molecule has 2 aromatic heterocycles. The average Bonchev–Trinajstić information content (AvgIpc) is 3.31. The van der Waals surface area contributed by atoms with Gasteiger partial charge in [0.2, 0.25) is 0 Å². The van der Waals surface area contributed by atoms with Gasteiger partial charge in [-0.15, -0.1) is 11.3 Å². The number of nitrogens with one attached hydrogen (secondary N) is 1. The number of carboxylic acids is 1. The van der Waals surface area contributed by atoms with Gasteiger partial charge in [0.05, 0.1) is 12.2 Å². The van der Waals surface area contributed by atoms with Gasteiger partial charge in [-0.2, -0.15) is 0 Å². The Hall–Kier alpha value is -2.64. The number of aryl methyl sites for hydroxylation is 2. The van der Waals surface area contributed by atoms with Crippen LogP contribution in [-0.2, 0) is 16.8 Å². The van der Waals surface area contributed by atoms with Gasteiger partial charge in [-0.3, -0.25) is 4.79 Å². The quantitative estimate of drug-likeness (QED) is 0.644. The van der Waals surface area contributed by atoms with Crippen molar-refractivity contribution in [2.24, 2.45) is 0 Å². The monoisotopic (exact) mass is 424 g/mol. The van der Waals surface area contributed by atoms with Gasteiger partial charge in [-0.1, -0.05) is 0 Å². The number of ether oxygens (including phenoxy) is 1. The zero-order valence-electron chi connectivity index (χ0n) is 17.1. The number of aromatic carboxylic acids is 1. The van der Waals surface area contributed by atoms with Gasteiger partial charge < -0.3 is 19.7 Å². The molecule has 1 fully saturated rings. The molecule has 0 aliphatic carbocycles. The molecule has 0 saturated carbocycles. The number of rotatable bonds is 2. The van der Waals surface area contributed by atoms with Crippen LogP contribution in [0.2, 0.25) is 0 Å². The predicted octanol–water partition coefficient (Wildman–Crippen LogP) is 4.25. The van der Waals surface area contributed by atoms with E-state index in [2.05, 4.69) is 11.9 Å². The summed E-state index contributed by atoms with van der Waals surface area (Å²) in [6.07, 6.45) is 2.13. The molecule has 1 saturated heterocycles. The third-order valence-electron chi connectivity index (χ3n) is 6.63. The van der Waals surface area contributed by atoms with E-state index >= 15 is 0 Å². The summed E-state index contributed by atoms with van der Waals surface area (Å²) in [6, 6.07) is 7.62. The van der Waals surface area contributed by atoms with E-state index in [4.69, 9.17) is 4.74 Å². The fraction of sp³-hybridized carbons (Fsp3) is 0.391. The van der Waals surface area contributed by atoms with Crippen LogP contribution in [0.1, 0.15) is 54.6 Å². The number of nitrogens with zero attached hydrogens (tertiary/aromatic N) is 1. The molecule has 2 aliphatic heterocycles. The van der Waals surface area contributed by atoms with Crippen molar-refractivity contribution < 1.29 is 19.4 Å². The number of carbonyl (C=O) groups excluding carboxylic acids is 1. The van der Waals surface area contributed by atoms with Crippen LogP contribution in [-0.4, -0.2) is 46.6 Å². The Morgan fingerprint density at radius 2 is 1.97 bits per heavy atom. The molecule has 3 aromatic rings. The molecular weight excluding hydrogens is 400 g/mol. The summed E-state index contributed by atoms with van der Waals surface area (Å²) in [4.78, 5) is 31.3. The number of hydrogen-bond donors (Lipinski definition) is 2. The molecule has 0 bridgehead atoms. The summed E-state index contributed by atoms with van der Waals surface area (Å²) in [7, 11) is 0. The summed E-state index contributed by atoms with van der Waals surface area (Å²) >= 11 is 1.36. The van der Waals surface area contributed by atoms with Crippen LogP contribution in [0.25, 0.3) is 10.9 Å². The first-order valence-corrected chi connectivity index (χ1v) is 11.1. The standard InChI is InChI=1S/C23H24N2O4S/c1-13-14(2)24-18-4-3-15(11-16(13)18)21(26)25-8-6-23(7-9-25)17-12-20(22(27)28)30-19(17)5-10-29-23/h3-4,11-12,24H,5-10H2,1-2H3,(H,27,28). The van der Waals surface area contributed by atoms with Crippen molar-refractivity contribution >= 4 is 34.1 Å². The summed E-state index contributed by atoms with van der Waals surface area (Å²) in [5.41, 5.74) is 4.60. The molecule has 0 atom stereocenters. The molecule has 1 amide bonds. The normalized spacial score (nSPS) is 18.0. The Balaban J connectivity index is 1.37. The number of likely N-dealkylation sites (tertiary alicyclic amines) is 1. The number of H-pyrrole nitrogens is 1. The number of benzene rings is 1. The Kier molecular flexibility index (Phi) is 4.48. The maximum atomic E-state index is 13.2. The fourth-order valence-electron chi connectivity index (χ4n) is 4.78. The van der Waals surface area contributed by atoms with Gasteiger partial charge in [0.25, 0.3) is 5.91 Å². The highest BCUT2D eigenvalue weighted by Gasteiger charge is 2.43. The highest BCUT2D eigenvalue weighted by Crippen LogP contribution is 2.44. The lowest BCUT2D eigenvalue weighted by Crippen LogP contribution is -2.48. The first-order valence-electron chi connectivity index (χ1n) is 10.3. The number of carbonyl (C=O) groups is 2.